The fourth-order valence-corrected chi connectivity index (χ4v) is 7.87. The molecule has 2 aromatic carbocycles. The monoisotopic (exact) mass is 589 g/mol. The Labute approximate surface area is 251 Å². The zero-order valence-electron chi connectivity index (χ0n) is 24.3. The normalized spacial score (nSPS) is 23.4. The molecule has 42 heavy (non-hydrogen) atoms. The number of hydrogen-bond donors (Lipinski definition) is 2. The minimum absolute atomic E-state index is 0.0146. The lowest BCUT2D eigenvalue weighted by Gasteiger charge is -2.37. The number of aliphatic hydroxyl groups excluding tert-OH is 1. The summed E-state index contributed by atoms with van der Waals surface area (Å²) in [6.07, 6.45) is 3.32. The molecular weight excluding hydrogens is 550 g/mol. The van der Waals surface area contributed by atoms with E-state index < -0.39 is 5.97 Å². The van der Waals surface area contributed by atoms with Crippen LogP contribution in [0.2, 0.25) is 0 Å². The number of ether oxygens (including phenoxy) is 1. The van der Waals surface area contributed by atoms with Gasteiger partial charge in [-0.2, -0.15) is 0 Å². The number of aliphatic carboxylic acids is 1. The molecule has 1 amide bonds. The molecule has 4 atom stereocenters. The molecule has 2 bridgehead atoms. The Hall–Kier alpha value is -3.43. The summed E-state index contributed by atoms with van der Waals surface area (Å²) < 4.78 is 6.36. The van der Waals surface area contributed by atoms with Gasteiger partial charge in [0.15, 0.2) is 5.13 Å². The van der Waals surface area contributed by atoms with Crippen LogP contribution in [0.1, 0.15) is 52.7 Å². The van der Waals surface area contributed by atoms with E-state index in [9.17, 15) is 19.8 Å². The first-order chi connectivity index (χ1) is 20.3. The third-order valence-electron chi connectivity index (χ3n) is 9.42. The van der Waals surface area contributed by atoms with Gasteiger partial charge in [0.25, 0.3) is 5.91 Å². The van der Waals surface area contributed by atoms with Crippen molar-refractivity contribution >= 4 is 28.3 Å². The Kier molecular flexibility index (Phi) is 8.23. The van der Waals surface area contributed by atoms with Crippen LogP contribution in [0, 0.1) is 37.5 Å². The van der Waals surface area contributed by atoms with Crippen molar-refractivity contribution in [1.29, 1.82) is 0 Å². The highest BCUT2D eigenvalue weighted by molar-refractivity contribution is 7.14. The van der Waals surface area contributed by atoms with Gasteiger partial charge in [-0.15, -0.1) is 11.3 Å². The zero-order chi connectivity index (χ0) is 29.4. The molecule has 2 aliphatic heterocycles. The van der Waals surface area contributed by atoms with Crippen LogP contribution in [0.4, 0.5) is 5.13 Å². The first-order valence-corrected chi connectivity index (χ1v) is 15.8. The van der Waals surface area contributed by atoms with Gasteiger partial charge in [0.1, 0.15) is 12.4 Å². The quantitative estimate of drug-likeness (QED) is 0.345. The Morgan fingerprint density at radius 3 is 2.52 bits per heavy atom. The fourth-order valence-electron chi connectivity index (χ4n) is 7.02. The van der Waals surface area contributed by atoms with Crippen molar-refractivity contribution in [3.63, 3.8) is 0 Å². The maximum Gasteiger partial charge on any atom is 0.303 e. The lowest BCUT2D eigenvalue weighted by atomic mass is 9.83. The number of likely N-dealkylation sites (tertiary alicyclic amines) is 1. The summed E-state index contributed by atoms with van der Waals surface area (Å²) in [5, 5.41) is 21.9. The second-order valence-electron chi connectivity index (χ2n) is 12.3. The summed E-state index contributed by atoms with van der Waals surface area (Å²) in [6.45, 7) is 7.61. The Morgan fingerprint density at radius 1 is 1.05 bits per heavy atom. The number of benzene rings is 2. The molecule has 9 heteroatoms. The van der Waals surface area contributed by atoms with Gasteiger partial charge in [-0.25, -0.2) is 4.98 Å². The molecule has 0 radical (unpaired) electrons. The number of aryl methyl sites for hydroxylation is 2. The van der Waals surface area contributed by atoms with Gasteiger partial charge in [0.2, 0.25) is 0 Å². The molecule has 3 heterocycles. The second kappa shape index (κ2) is 12.1. The summed E-state index contributed by atoms with van der Waals surface area (Å²) in [5.74, 6) is 1.39. The molecule has 1 aromatic heterocycles. The highest BCUT2D eigenvalue weighted by Crippen LogP contribution is 2.46. The van der Waals surface area contributed by atoms with Crippen molar-refractivity contribution in [3.05, 3.63) is 64.0 Å². The summed E-state index contributed by atoms with van der Waals surface area (Å²) in [7, 11) is 0. The number of carboxylic acid groups (broad SMARTS) is 1. The van der Waals surface area contributed by atoms with E-state index in [1.807, 2.05) is 42.2 Å². The van der Waals surface area contributed by atoms with Crippen LogP contribution in [0.15, 0.2) is 41.8 Å². The molecule has 8 nitrogen and oxygen atoms in total. The standard InChI is InChI=1S/C33H39N3O5S/c1-20-3-8-30(41-18-26-7-4-23(12-21(26)2)32(40)35-10-9-22(14-35)17-37)28(11-20)29-19-42-33(34-29)36-15-24-5-6-25(16-36)27(24)13-31(38)39/h3-4,7-8,11-12,19,22,24-25,27,37H,5-6,9-10,13-18H2,1-2H3,(H,38,39)/t22?,24-,25+,27?. The van der Waals surface area contributed by atoms with Gasteiger partial charge in [-0.1, -0.05) is 17.7 Å². The largest absolute Gasteiger partial charge is 0.488 e. The van der Waals surface area contributed by atoms with Gasteiger partial charge in [0.05, 0.1) is 5.69 Å². The van der Waals surface area contributed by atoms with Crippen LogP contribution in [-0.4, -0.2) is 64.8 Å². The number of amides is 1. The molecular formula is C33H39N3O5S. The molecule has 3 aliphatic rings. The summed E-state index contributed by atoms with van der Waals surface area (Å²) in [6, 6.07) is 11.9. The number of carboxylic acids is 1. The third kappa shape index (κ3) is 5.90. The molecule has 1 aliphatic carbocycles. The molecule has 6 rings (SSSR count). The third-order valence-corrected chi connectivity index (χ3v) is 10.3. The van der Waals surface area contributed by atoms with Crippen LogP contribution < -0.4 is 9.64 Å². The van der Waals surface area contributed by atoms with Gasteiger partial charge in [0, 0.05) is 61.6 Å². The predicted molar refractivity (Wildman–Crippen MR) is 163 cm³/mol. The number of nitrogens with zero attached hydrogens (tertiary/aromatic N) is 3. The van der Waals surface area contributed by atoms with Gasteiger partial charge >= 0.3 is 5.97 Å². The number of thiazole rings is 1. The predicted octanol–water partition coefficient (Wildman–Crippen LogP) is 5.40. The Bertz CT molecular complexity index is 1460. The van der Waals surface area contributed by atoms with Crippen molar-refractivity contribution in [1.82, 2.24) is 9.88 Å². The van der Waals surface area contributed by atoms with Gasteiger partial charge in [-0.05, 0) is 86.3 Å². The highest BCUT2D eigenvalue weighted by atomic mass is 32.1. The van der Waals surface area contributed by atoms with Gasteiger partial charge < -0.3 is 24.7 Å². The number of rotatable bonds is 9. The van der Waals surface area contributed by atoms with Crippen molar-refractivity contribution in [2.45, 2.75) is 46.1 Å². The maximum absolute atomic E-state index is 13.0. The van der Waals surface area contributed by atoms with Crippen molar-refractivity contribution in [2.24, 2.45) is 23.7 Å². The van der Waals surface area contributed by atoms with Crippen molar-refractivity contribution < 1.29 is 24.5 Å². The minimum atomic E-state index is -0.687. The number of carbonyl (C=O) groups excluding carboxylic acids is 1. The average molecular weight is 590 g/mol. The number of aromatic nitrogens is 1. The molecule has 222 valence electrons. The first kappa shape index (κ1) is 28.7. The Morgan fingerprint density at radius 2 is 1.83 bits per heavy atom. The van der Waals surface area contributed by atoms with Crippen LogP contribution in [-0.2, 0) is 11.4 Å². The molecule has 3 aromatic rings. The lowest BCUT2D eigenvalue weighted by Crippen LogP contribution is -2.42. The van der Waals surface area contributed by atoms with E-state index in [-0.39, 0.29) is 30.8 Å². The minimum Gasteiger partial charge on any atom is -0.488 e. The molecule has 2 unspecified atom stereocenters. The number of fused-ring (bicyclic) bond motifs is 2. The van der Waals surface area contributed by atoms with Crippen LogP contribution in [0.25, 0.3) is 11.3 Å². The smallest absolute Gasteiger partial charge is 0.303 e. The van der Waals surface area contributed by atoms with Gasteiger partial charge in [-0.3, -0.25) is 9.59 Å². The van der Waals surface area contributed by atoms with E-state index >= 15 is 0 Å². The summed E-state index contributed by atoms with van der Waals surface area (Å²) in [4.78, 5) is 33.6. The molecule has 1 saturated carbocycles. The number of anilines is 1. The van der Waals surface area contributed by atoms with E-state index in [4.69, 9.17) is 9.72 Å². The molecule has 2 N–H and O–H groups in total. The number of aliphatic hydroxyl groups is 1. The van der Waals surface area contributed by atoms with Crippen LogP contribution in [0.3, 0.4) is 0 Å². The van der Waals surface area contributed by atoms with Crippen LogP contribution in [0.5, 0.6) is 5.75 Å². The van der Waals surface area contributed by atoms with Crippen molar-refractivity contribution in [2.75, 3.05) is 37.7 Å². The first-order valence-electron chi connectivity index (χ1n) is 14.9. The van der Waals surface area contributed by atoms with E-state index in [0.717, 1.165) is 71.2 Å². The summed E-state index contributed by atoms with van der Waals surface area (Å²) in [5.41, 5.74) is 5.66. The number of hydrogen-bond acceptors (Lipinski definition) is 7. The van der Waals surface area contributed by atoms with E-state index in [1.54, 1.807) is 11.3 Å². The highest BCUT2D eigenvalue weighted by Gasteiger charge is 2.43. The Balaban J connectivity index is 1.14. The van der Waals surface area contributed by atoms with E-state index in [2.05, 4.69) is 23.3 Å². The van der Waals surface area contributed by atoms with Crippen LogP contribution >= 0.6 is 11.3 Å². The number of piperidine rings is 1. The SMILES string of the molecule is Cc1ccc(OCc2ccc(C(=O)N3CCC(CO)C3)cc2C)c(-c2csc(N3C[C@H]4CC[C@@H](C3)C4CC(=O)O)n2)c1. The topological polar surface area (TPSA) is 103 Å². The number of carbonyl (C=O) groups is 2. The maximum atomic E-state index is 13.0. The van der Waals surface area contributed by atoms with E-state index in [0.29, 0.717) is 37.1 Å². The average Bonchev–Trinajstić information content (AvgIpc) is 3.70. The second-order valence-corrected chi connectivity index (χ2v) is 13.1. The molecule has 3 fully saturated rings. The fraction of sp³-hybridized carbons (Fsp3) is 0.485. The van der Waals surface area contributed by atoms with E-state index in [1.165, 1.54) is 0 Å². The zero-order valence-corrected chi connectivity index (χ0v) is 25.1. The molecule has 0 spiro atoms. The molecule has 2 saturated heterocycles. The van der Waals surface area contributed by atoms with Crippen molar-refractivity contribution in [3.8, 4) is 17.0 Å². The summed E-state index contributed by atoms with van der Waals surface area (Å²) >= 11 is 1.64. The lowest BCUT2D eigenvalue weighted by molar-refractivity contribution is -0.138.